The van der Waals surface area contributed by atoms with Crippen LogP contribution in [0, 0.1) is 5.82 Å². The number of amides is 1. The molecule has 1 amide bonds. The smallest absolute Gasteiger partial charge is 0.338 e. The fraction of sp³-hybridized carbons (Fsp3) is 0.200. The fourth-order valence-electron chi connectivity index (χ4n) is 3.40. The highest BCUT2D eigenvalue weighted by Gasteiger charge is 2.21. The third kappa shape index (κ3) is 5.99. The summed E-state index contributed by atoms with van der Waals surface area (Å²) in [6, 6.07) is 22.4. The van der Waals surface area contributed by atoms with Crippen molar-refractivity contribution >= 4 is 17.6 Å². The number of anilines is 1. The van der Waals surface area contributed by atoms with Crippen molar-refractivity contribution in [1.82, 2.24) is 4.90 Å². The van der Waals surface area contributed by atoms with Gasteiger partial charge in [-0.2, -0.15) is 0 Å². The average molecular weight is 420 g/mol. The van der Waals surface area contributed by atoms with E-state index in [1.165, 1.54) is 12.1 Å². The molecule has 0 radical (unpaired) electrons. The van der Waals surface area contributed by atoms with Gasteiger partial charge in [0, 0.05) is 5.69 Å². The number of hydrogen-bond donors (Lipinski definition) is 1. The Kier molecular flexibility index (Phi) is 7.51. The van der Waals surface area contributed by atoms with Crippen molar-refractivity contribution in [2.75, 3.05) is 25.5 Å². The molecule has 0 aliphatic heterocycles. The van der Waals surface area contributed by atoms with E-state index in [9.17, 15) is 14.0 Å². The average Bonchev–Trinajstić information content (AvgIpc) is 2.76. The predicted octanol–water partition coefficient (Wildman–Crippen LogP) is 4.66. The topological polar surface area (TPSA) is 58.6 Å². The molecule has 1 atom stereocenters. The van der Waals surface area contributed by atoms with Gasteiger partial charge in [0.25, 0.3) is 0 Å². The highest BCUT2D eigenvalue weighted by atomic mass is 19.1. The molecular weight excluding hydrogens is 395 g/mol. The largest absolute Gasteiger partial charge is 0.462 e. The minimum absolute atomic E-state index is 0.122. The summed E-state index contributed by atoms with van der Waals surface area (Å²) in [7, 11) is 1.85. The Balaban J connectivity index is 1.71. The van der Waals surface area contributed by atoms with Crippen LogP contribution in [0.2, 0.25) is 0 Å². The fourth-order valence-corrected chi connectivity index (χ4v) is 3.40. The Morgan fingerprint density at radius 2 is 1.55 bits per heavy atom. The van der Waals surface area contributed by atoms with Crippen molar-refractivity contribution in [2.24, 2.45) is 0 Å². The minimum Gasteiger partial charge on any atom is -0.462 e. The zero-order valence-corrected chi connectivity index (χ0v) is 17.5. The van der Waals surface area contributed by atoms with Crippen LogP contribution in [0.1, 0.15) is 34.5 Å². The summed E-state index contributed by atoms with van der Waals surface area (Å²) in [5, 5.41) is 2.85. The Labute approximate surface area is 181 Å². The van der Waals surface area contributed by atoms with Crippen LogP contribution in [0.3, 0.4) is 0 Å². The number of carbonyl (C=O) groups is 2. The zero-order valence-electron chi connectivity index (χ0n) is 17.5. The lowest BCUT2D eigenvalue weighted by molar-refractivity contribution is -0.117. The summed E-state index contributed by atoms with van der Waals surface area (Å²) in [6.45, 7) is 2.18. The summed E-state index contributed by atoms with van der Waals surface area (Å²) in [5.41, 5.74) is 2.91. The maximum absolute atomic E-state index is 13.4. The van der Waals surface area contributed by atoms with Crippen molar-refractivity contribution in [1.29, 1.82) is 0 Å². The molecule has 0 aromatic heterocycles. The van der Waals surface area contributed by atoms with E-state index in [0.29, 0.717) is 17.9 Å². The normalized spacial score (nSPS) is 11.7. The molecule has 0 aliphatic rings. The number of benzene rings is 3. The van der Waals surface area contributed by atoms with Crippen LogP contribution in [-0.2, 0) is 9.53 Å². The first-order chi connectivity index (χ1) is 15.0. The van der Waals surface area contributed by atoms with Crippen LogP contribution in [0.4, 0.5) is 10.1 Å². The maximum Gasteiger partial charge on any atom is 0.338 e. The van der Waals surface area contributed by atoms with E-state index in [0.717, 1.165) is 11.1 Å². The molecule has 5 nitrogen and oxygen atoms in total. The molecule has 0 spiro atoms. The number of hydrogen-bond acceptors (Lipinski definition) is 4. The molecule has 160 valence electrons. The van der Waals surface area contributed by atoms with E-state index >= 15 is 0 Å². The maximum atomic E-state index is 13.4. The number of ether oxygens (including phenoxy) is 1. The van der Waals surface area contributed by atoms with Gasteiger partial charge in [0.1, 0.15) is 5.82 Å². The molecule has 3 rings (SSSR count). The van der Waals surface area contributed by atoms with Crippen LogP contribution >= 0.6 is 0 Å². The van der Waals surface area contributed by atoms with E-state index < -0.39 is 5.97 Å². The summed E-state index contributed by atoms with van der Waals surface area (Å²) >= 11 is 0. The van der Waals surface area contributed by atoms with Crippen LogP contribution in [0.5, 0.6) is 0 Å². The summed E-state index contributed by atoms with van der Waals surface area (Å²) in [5.74, 6) is -0.901. The van der Waals surface area contributed by atoms with Gasteiger partial charge in [-0.25, -0.2) is 9.18 Å². The predicted molar refractivity (Wildman–Crippen MR) is 118 cm³/mol. The molecule has 0 saturated heterocycles. The lowest BCUT2D eigenvalue weighted by atomic mass is 9.97. The number of carbonyl (C=O) groups excluding carboxylic acids is 2. The highest BCUT2D eigenvalue weighted by Crippen LogP contribution is 2.27. The molecule has 3 aromatic rings. The van der Waals surface area contributed by atoms with Crippen LogP contribution in [0.25, 0.3) is 0 Å². The van der Waals surface area contributed by atoms with Gasteiger partial charge in [-0.15, -0.1) is 0 Å². The molecular formula is C25H25FN2O3. The Morgan fingerprint density at radius 1 is 0.935 bits per heavy atom. The van der Waals surface area contributed by atoms with Crippen LogP contribution < -0.4 is 5.32 Å². The SMILES string of the molecule is CCOC(=O)c1ccc(NC(=O)CN(C)[C@H](c2ccccc2)c2ccc(F)cc2)cc1. The quantitative estimate of drug-likeness (QED) is 0.539. The number of halogens is 1. The standard InChI is InChI=1S/C25H25FN2O3/c1-3-31-25(30)20-11-15-22(16-12-20)27-23(29)17-28(2)24(18-7-5-4-6-8-18)19-9-13-21(26)14-10-19/h4-16,24H,3,17H2,1-2H3,(H,27,29)/t24-/m1/s1. The first-order valence-electron chi connectivity index (χ1n) is 10.1. The van der Waals surface area contributed by atoms with Gasteiger partial charge in [0.15, 0.2) is 0 Å². The van der Waals surface area contributed by atoms with Crippen LogP contribution in [-0.4, -0.2) is 37.0 Å². The Hall–Kier alpha value is -3.51. The molecule has 0 saturated carbocycles. The molecule has 6 heteroatoms. The molecule has 0 unspecified atom stereocenters. The summed E-state index contributed by atoms with van der Waals surface area (Å²) in [4.78, 5) is 26.3. The third-order valence-electron chi connectivity index (χ3n) is 4.81. The van der Waals surface area contributed by atoms with Crippen molar-refractivity contribution in [3.8, 4) is 0 Å². The molecule has 0 heterocycles. The number of nitrogens with zero attached hydrogens (tertiary/aromatic N) is 1. The molecule has 0 bridgehead atoms. The second-order valence-corrected chi connectivity index (χ2v) is 7.13. The monoisotopic (exact) mass is 420 g/mol. The van der Waals surface area contributed by atoms with E-state index in [1.54, 1.807) is 43.3 Å². The van der Waals surface area contributed by atoms with Gasteiger partial charge >= 0.3 is 5.97 Å². The van der Waals surface area contributed by atoms with Crippen molar-refractivity contribution in [3.63, 3.8) is 0 Å². The van der Waals surface area contributed by atoms with Crippen molar-refractivity contribution < 1.29 is 18.7 Å². The molecule has 0 aliphatic carbocycles. The highest BCUT2D eigenvalue weighted by molar-refractivity contribution is 5.94. The lowest BCUT2D eigenvalue weighted by Crippen LogP contribution is -2.34. The molecule has 0 fully saturated rings. The molecule has 31 heavy (non-hydrogen) atoms. The zero-order chi connectivity index (χ0) is 22.2. The van der Waals surface area contributed by atoms with Crippen molar-refractivity contribution in [3.05, 3.63) is 101 Å². The minimum atomic E-state index is -0.398. The number of esters is 1. The first-order valence-corrected chi connectivity index (χ1v) is 10.1. The van der Waals surface area contributed by atoms with E-state index in [2.05, 4.69) is 5.32 Å². The van der Waals surface area contributed by atoms with Crippen molar-refractivity contribution in [2.45, 2.75) is 13.0 Å². The third-order valence-corrected chi connectivity index (χ3v) is 4.81. The first kappa shape index (κ1) is 22.2. The molecule has 3 aromatic carbocycles. The second-order valence-electron chi connectivity index (χ2n) is 7.13. The Morgan fingerprint density at radius 3 is 2.16 bits per heavy atom. The molecule has 1 N–H and O–H groups in total. The van der Waals surface area contributed by atoms with E-state index in [4.69, 9.17) is 4.74 Å². The van der Waals surface area contributed by atoms with Crippen LogP contribution in [0.15, 0.2) is 78.9 Å². The van der Waals surface area contributed by atoms with Gasteiger partial charge in [0.2, 0.25) is 5.91 Å². The van der Waals surface area contributed by atoms with Gasteiger partial charge in [0.05, 0.1) is 24.8 Å². The summed E-state index contributed by atoms with van der Waals surface area (Å²) < 4.78 is 18.4. The van der Waals surface area contributed by atoms with Gasteiger partial charge in [-0.3, -0.25) is 9.69 Å². The van der Waals surface area contributed by atoms with Gasteiger partial charge in [-0.1, -0.05) is 42.5 Å². The van der Waals surface area contributed by atoms with E-state index in [-0.39, 0.29) is 24.3 Å². The van der Waals surface area contributed by atoms with Gasteiger partial charge in [-0.05, 0) is 61.5 Å². The summed E-state index contributed by atoms with van der Waals surface area (Å²) in [6.07, 6.45) is 0. The Bertz CT molecular complexity index is 1010. The van der Waals surface area contributed by atoms with Gasteiger partial charge < -0.3 is 10.1 Å². The number of likely N-dealkylation sites (N-methyl/N-ethyl adjacent to an activating group) is 1. The lowest BCUT2D eigenvalue weighted by Gasteiger charge is -2.28. The number of rotatable bonds is 8. The second kappa shape index (κ2) is 10.5. The number of nitrogens with one attached hydrogen (secondary N) is 1. The van der Waals surface area contributed by atoms with E-state index in [1.807, 2.05) is 42.3 Å².